The second-order valence-corrected chi connectivity index (χ2v) is 7.81. The number of sulfonamides is 1. The monoisotopic (exact) mass is 331 g/mol. The minimum atomic E-state index is -3.06. The zero-order chi connectivity index (χ0) is 15.5. The van der Waals surface area contributed by atoms with Gasteiger partial charge in [0.1, 0.15) is 0 Å². The molecule has 0 saturated carbocycles. The molecule has 1 heterocycles. The van der Waals surface area contributed by atoms with Crippen LogP contribution in [-0.4, -0.2) is 56.6 Å². The zero-order valence-electron chi connectivity index (χ0n) is 12.2. The van der Waals surface area contributed by atoms with Crippen LogP contribution in [0.3, 0.4) is 0 Å². The fourth-order valence-corrected chi connectivity index (χ4v) is 3.64. The van der Waals surface area contributed by atoms with Crippen molar-refractivity contribution in [2.24, 2.45) is 5.73 Å². The van der Waals surface area contributed by atoms with Gasteiger partial charge in [-0.3, -0.25) is 0 Å². The maximum Gasteiger partial charge on any atom is 0.211 e. The first kappa shape index (κ1) is 16.7. The highest BCUT2D eigenvalue weighted by atomic mass is 35.5. The molecule has 0 aromatic heterocycles. The van der Waals surface area contributed by atoms with Gasteiger partial charge in [-0.15, -0.1) is 0 Å². The van der Waals surface area contributed by atoms with E-state index in [2.05, 4.69) is 4.90 Å². The number of benzene rings is 1. The van der Waals surface area contributed by atoms with Gasteiger partial charge in [0.15, 0.2) is 0 Å². The summed E-state index contributed by atoms with van der Waals surface area (Å²) >= 11 is 6.14. The summed E-state index contributed by atoms with van der Waals surface area (Å²) in [6, 6.07) is 7.54. The van der Waals surface area contributed by atoms with Crippen molar-refractivity contribution in [2.75, 3.05) is 39.0 Å². The summed E-state index contributed by atoms with van der Waals surface area (Å²) in [6.07, 6.45) is 2.07. The van der Waals surface area contributed by atoms with Gasteiger partial charge < -0.3 is 10.6 Å². The lowest BCUT2D eigenvalue weighted by Gasteiger charge is -2.33. The standard InChI is InChI=1S/C14H22ClN3O2S/c1-21(19,20)18-10-8-17(9-11-18)7-6-14(16)12-4-2-3-5-13(12)15/h2-5,14H,6-11,16H2,1H3. The number of hydrogen-bond acceptors (Lipinski definition) is 4. The Hall–Kier alpha value is -0.660. The summed E-state index contributed by atoms with van der Waals surface area (Å²) in [5.74, 6) is 0. The van der Waals surface area contributed by atoms with Gasteiger partial charge in [0, 0.05) is 43.8 Å². The summed E-state index contributed by atoms with van der Waals surface area (Å²) in [6.45, 7) is 3.47. The van der Waals surface area contributed by atoms with Crippen LogP contribution in [0.1, 0.15) is 18.0 Å². The molecule has 118 valence electrons. The van der Waals surface area contributed by atoms with Crippen molar-refractivity contribution in [1.82, 2.24) is 9.21 Å². The van der Waals surface area contributed by atoms with Crippen LogP contribution in [-0.2, 0) is 10.0 Å². The van der Waals surface area contributed by atoms with E-state index in [4.69, 9.17) is 17.3 Å². The maximum absolute atomic E-state index is 11.5. The average Bonchev–Trinajstić information content (AvgIpc) is 2.45. The first-order valence-corrected chi connectivity index (χ1v) is 9.28. The Morgan fingerprint density at radius 3 is 2.43 bits per heavy atom. The van der Waals surface area contributed by atoms with E-state index in [-0.39, 0.29) is 6.04 Å². The molecule has 2 N–H and O–H groups in total. The van der Waals surface area contributed by atoms with Crippen LogP contribution in [0.5, 0.6) is 0 Å². The molecule has 21 heavy (non-hydrogen) atoms. The Kier molecular flexibility index (Phi) is 5.62. The Labute approximate surface area is 131 Å². The molecule has 1 aromatic rings. The highest BCUT2D eigenvalue weighted by molar-refractivity contribution is 7.88. The van der Waals surface area contributed by atoms with Gasteiger partial charge in [-0.1, -0.05) is 29.8 Å². The van der Waals surface area contributed by atoms with Gasteiger partial charge >= 0.3 is 0 Å². The molecule has 0 aliphatic carbocycles. The molecule has 7 heteroatoms. The molecular weight excluding hydrogens is 310 g/mol. The van der Waals surface area contributed by atoms with Crippen LogP contribution < -0.4 is 5.73 Å². The van der Waals surface area contributed by atoms with Gasteiger partial charge in [-0.25, -0.2) is 8.42 Å². The molecule has 0 spiro atoms. The van der Waals surface area contributed by atoms with E-state index in [0.29, 0.717) is 18.1 Å². The van der Waals surface area contributed by atoms with Gasteiger partial charge in [0.05, 0.1) is 6.26 Å². The van der Waals surface area contributed by atoms with Crippen LogP contribution in [0.4, 0.5) is 0 Å². The van der Waals surface area contributed by atoms with Crippen molar-refractivity contribution in [3.8, 4) is 0 Å². The SMILES string of the molecule is CS(=O)(=O)N1CCN(CCC(N)c2ccccc2Cl)CC1. The third kappa shape index (κ3) is 4.66. The molecule has 1 atom stereocenters. The molecule has 1 aliphatic rings. The average molecular weight is 332 g/mol. The zero-order valence-corrected chi connectivity index (χ0v) is 13.8. The van der Waals surface area contributed by atoms with Crippen molar-refractivity contribution in [3.05, 3.63) is 34.9 Å². The van der Waals surface area contributed by atoms with Gasteiger partial charge in [-0.05, 0) is 18.1 Å². The number of halogens is 1. The van der Waals surface area contributed by atoms with E-state index in [1.165, 1.54) is 10.6 Å². The molecule has 1 aliphatic heterocycles. The van der Waals surface area contributed by atoms with Crippen LogP contribution in [0.15, 0.2) is 24.3 Å². The van der Waals surface area contributed by atoms with E-state index >= 15 is 0 Å². The van der Waals surface area contributed by atoms with Crippen LogP contribution in [0.2, 0.25) is 5.02 Å². The summed E-state index contributed by atoms with van der Waals surface area (Å²) in [7, 11) is -3.06. The smallest absolute Gasteiger partial charge is 0.211 e. The molecule has 0 amide bonds. The molecule has 5 nitrogen and oxygen atoms in total. The predicted molar refractivity (Wildman–Crippen MR) is 85.9 cm³/mol. The third-order valence-electron chi connectivity index (χ3n) is 3.86. The fourth-order valence-electron chi connectivity index (χ4n) is 2.54. The Morgan fingerprint density at radius 1 is 1.24 bits per heavy atom. The van der Waals surface area contributed by atoms with Gasteiger partial charge in [0.25, 0.3) is 0 Å². The minimum Gasteiger partial charge on any atom is -0.324 e. The molecule has 1 unspecified atom stereocenters. The lowest BCUT2D eigenvalue weighted by molar-refractivity contribution is 0.184. The molecule has 2 rings (SSSR count). The van der Waals surface area contributed by atoms with E-state index in [9.17, 15) is 8.42 Å². The largest absolute Gasteiger partial charge is 0.324 e. The van der Waals surface area contributed by atoms with Crippen molar-refractivity contribution >= 4 is 21.6 Å². The van der Waals surface area contributed by atoms with Crippen LogP contribution in [0, 0.1) is 0 Å². The van der Waals surface area contributed by atoms with Crippen molar-refractivity contribution in [2.45, 2.75) is 12.5 Å². The second-order valence-electron chi connectivity index (χ2n) is 5.42. The van der Waals surface area contributed by atoms with E-state index in [1.54, 1.807) is 0 Å². The number of nitrogens with two attached hydrogens (primary N) is 1. The second kappa shape index (κ2) is 7.07. The molecule has 0 radical (unpaired) electrons. The highest BCUT2D eigenvalue weighted by Gasteiger charge is 2.23. The summed E-state index contributed by atoms with van der Waals surface area (Å²) in [5.41, 5.74) is 7.16. The number of rotatable bonds is 5. The Bertz CT molecular complexity index is 571. The Morgan fingerprint density at radius 2 is 1.86 bits per heavy atom. The van der Waals surface area contributed by atoms with Gasteiger partial charge in [0.2, 0.25) is 10.0 Å². The number of hydrogen-bond donors (Lipinski definition) is 1. The molecular formula is C14H22ClN3O2S. The number of nitrogens with zero attached hydrogens (tertiary/aromatic N) is 2. The molecule has 1 aromatic carbocycles. The van der Waals surface area contributed by atoms with E-state index in [0.717, 1.165) is 31.6 Å². The van der Waals surface area contributed by atoms with E-state index in [1.807, 2.05) is 24.3 Å². The minimum absolute atomic E-state index is 0.0911. The van der Waals surface area contributed by atoms with Crippen molar-refractivity contribution in [3.63, 3.8) is 0 Å². The van der Waals surface area contributed by atoms with E-state index < -0.39 is 10.0 Å². The molecule has 1 saturated heterocycles. The normalized spacial score (nSPS) is 19.6. The van der Waals surface area contributed by atoms with Crippen molar-refractivity contribution < 1.29 is 8.42 Å². The van der Waals surface area contributed by atoms with Crippen LogP contribution in [0.25, 0.3) is 0 Å². The predicted octanol–water partition coefficient (Wildman–Crippen LogP) is 1.31. The van der Waals surface area contributed by atoms with Gasteiger partial charge in [-0.2, -0.15) is 4.31 Å². The molecule has 0 bridgehead atoms. The summed E-state index contributed by atoms with van der Waals surface area (Å²) < 4.78 is 24.4. The lowest BCUT2D eigenvalue weighted by Crippen LogP contribution is -2.48. The third-order valence-corrected chi connectivity index (χ3v) is 5.51. The maximum atomic E-state index is 11.5. The molecule has 1 fully saturated rings. The fraction of sp³-hybridized carbons (Fsp3) is 0.571. The van der Waals surface area contributed by atoms with Crippen molar-refractivity contribution in [1.29, 1.82) is 0 Å². The quantitative estimate of drug-likeness (QED) is 0.883. The number of piperazine rings is 1. The Balaban J connectivity index is 1.81. The topological polar surface area (TPSA) is 66.6 Å². The van der Waals surface area contributed by atoms with Crippen LogP contribution >= 0.6 is 11.6 Å². The first-order valence-electron chi connectivity index (χ1n) is 7.05. The highest BCUT2D eigenvalue weighted by Crippen LogP contribution is 2.23. The summed E-state index contributed by atoms with van der Waals surface area (Å²) in [5, 5.41) is 0.701. The first-order chi connectivity index (χ1) is 9.88. The lowest BCUT2D eigenvalue weighted by atomic mass is 10.0. The summed E-state index contributed by atoms with van der Waals surface area (Å²) in [4.78, 5) is 2.25.